The Hall–Kier alpha value is -1.21. The highest BCUT2D eigenvalue weighted by molar-refractivity contribution is 9.10. The standard InChI is InChI=1S/C15H20BrN5S/c1-17-15(19-8-13-3-2-6-22-13)18-7-12-10-21-9-11(16)4-5-14(21)20-12/h4-5,9-10,13H,2-3,6-8H2,1H3,(H2,17,18,19). The van der Waals surface area contributed by atoms with E-state index in [2.05, 4.69) is 36.5 Å². The molecule has 3 heterocycles. The van der Waals surface area contributed by atoms with Gasteiger partial charge in [-0.2, -0.15) is 11.8 Å². The molecule has 2 aromatic heterocycles. The van der Waals surface area contributed by atoms with Gasteiger partial charge in [0, 0.05) is 35.7 Å². The van der Waals surface area contributed by atoms with Crippen molar-refractivity contribution < 1.29 is 0 Å². The lowest BCUT2D eigenvalue weighted by Gasteiger charge is -2.14. The lowest BCUT2D eigenvalue weighted by Crippen LogP contribution is -2.39. The zero-order valence-corrected chi connectivity index (χ0v) is 15.0. The van der Waals surface area contributed by atoms with Crippen molar-refractivity contribution in [3.05, 3.63) is 34.7 Å². The molecule has 0 bridgehead atoms. The van der Waals surface area contributed by atoms with Crippen molar-refractivity contribution in [1.29, 1.82) is 0 Å². The Morgan fingerprint density at radius 2 is 2.36 bits per heavy atom. The maximum Gasteiger partial charge on any atom is 0.191 e. The van der Waals surface area contributed by atoms with Crippen molar-refractivity contribution in [1.82, 2.24) is 20.0 Å². The number of nitrogens with one attached hydrogen (secondary N) is 2. The fourth-order valence-corrected chi connectivity index (χ4v) is 4.07. The number of nitrogens with zero attached hydrogens (tertiary/aromatic N) is 3. The average molecular weight is 382 g/mol. The third-order valence-electron chi connectivity index (χ3n) is 3.65. The van der Waals surface area contributed by atoms with Gasteiger partial charge in [0.15, 0.2) is 5.96 Å². The SMILES string of the molecule is CN=C(NCc1cn2cc(Br)ccc2n1)NCC1CCCS1. The van der Waals surface area contributed by atoms with Gasteiger partial charge in [0.1, 0.15) is 5.65 Å². The van der Waals surface area contributed by atoms with Crippen LogP contribution in [0.15, 0.2) is 34.0 Å². The van der Waals surface area contributed by atoms with Crippen molar-refractivity contribution >= 4 is 39.3 Å². The van der Waals surface area contributed by atoms with Crippen LogP contribution in [0.25, 0.3) is 5.65 Å². The molecule has 0 saturated carbocycles. The Balaban J connectivity index is 1.54. The molecular formula is C15H20BrN5S. The summed E-state index contributed by atoms with van der Waals surface area (Å²) in [5, 5.41) is 7.44. The van der Waals surface area contributed by atoms with Gasteiger partial charge in [0.2, 0.25) is 0 Å². The molecule has 0 spiro atoms. The van der Waals surface area contributed by atoms with E-state index in [-0.39, 0.29) is 0 Å². The number of guanidine groups is 1. The molecule has 1 aliphatic rings. The number of hydrogen-bond acceptors (Lipinski definition) is 3. The second-order valence-electron chi connectivity index (χ2n) is 5.29. The van der Waals surface area contributed by atoms with E-state index in [1.807, 2.05) is 40.7 Å². The second kappa shape index (κ2) is 7.37. The molecule has 7 heteroatoms. The van der Waals surface area contributed by atoms with Crippen LogP contribution in [-0.4, -0.2) is 39.9 Å². The van der Waals surface area contributed by atoms with Gasteiger partial charge >= 0.3 is 0 Å². The summed E-state index contributed by atoms with van der Waals surface area (Å²) in [6.45, 7) is 1.64. The van der Waals surface area contributed by atoms with Gasteiger partial charge in [-0.1, -0.05) is 0 Å². The molecule has 0 radical (unpaired) electrons. The lowest BCUT2D eigenvalue weighted by molar-refractivity contribution is 0.724. The summed E-state index contributed by atoms with van der Waals surface area (Å²) in [4.78, 5) is 8.87. The van der Waals surface area contributed by atoms with Crippen LogP contribution >= 0.6 is 27.7 Å². The number of aromatic nitrogens is 2. The minimum atomic E-state index is 0.663. The Morgan fingerprint density at radius 3 is 3.14 bits per heavy atom. The smallest absolute Gasteiger partial charge is 0.191 e. The summed E-state index contributed by atoms with van der Waals surface area (Å²) in [7, 11) is 1.80. The quantitative estimate of drug-likeness (QED) is 0.631. The molecule has 118 valence electrons. The zero-order valence-electron chi connectivity index (χ0n) is 12.6. The predicted octanol–water partition coefficient (Wildman–Crippen LogP) is 2.66. The summed E-state index contributed by atoms with van der Waals surface area (Å²) >= 11 is 5.52. The Labute approximate surface area is 143 Å². The molecule has 22 heavy (non-hydrogen) atoms. The summed E-state index contributed by atoms with van der Waals surface area (Å²) < 4.78 is 3.07. The van der Waals surface area contributed by atoms with Gasteiger partial charge in [-0.15, -0.1) is 0 Å². The van der Waals surface area contributed by atoms with Gasteiger partial charge in [-0.25, -0.2) is 4.98 Å². The Kier molecular flexibility index (Phi) is 5.25. The fraction of sp³-hybridized carbons (Fsp3) is 0.467. The monoisotopic (exact) mass is 381 g/mol. The highest BCUT2D eigenvalue weighted by Crippen LogP contribution is 2.25. The molecule has 2 N–H and O–H groups in total. The topological polar surface area (TPSA) is 53.7 Å². The maximum atomic E-state index is 4.59. The zero-order chi connectivity index (χ0) is 15.4. The van der Waals surface area contributed by atoms with E-state index in [0.717, 1.165) is 28.3 Å². The van der Waals surface area contributed by atoms with Crippen molar-refractivity contribution in [2.45, 2.75) is 24.6 Å². The first-order valence-corrected chi connectivity index (χ1v) is 9.28. The number of hydrogen-bond donors (Lipinski definition) is 2. The molecule has 0 aromatic carbocycles. The summed E-state index contributed by atoms with van der Waals surface area (Å²) in [6.07, 6.45) is 6.68. The molecule has 1 fully saturated rings. The van der Waals surface area contributed by atoms with Crippen LogP contribution in [0.3, 0.4) is 0 Å². The summed E-state index contributed by atoms with van der Waals surface area (Å²) in [6, 6.07) is 4.00. The first-order chi connectivity index (χ1) is 10.7. The minimum Gasteiger partial charge on any atom is -0.355 e. The van der Waals surface area contributed by atoms with E-state index in [1.165, 1.54) is 18.6 Å². The lowest BCUT2D eigenvalue weighted by atomic mass is 10.2. The highest BCUT2D eigenvalue weighted by atomic mass is 79.9. The van der Waals surface area contributed by atoms with E-state index in [4.69, 9.17) is 0 Å². The Bertz CT molecular complexity index is 663. The third kappa shape index (κ3) is 3.95. The third-order valence-corrected chi connectivity index (χ3v) is 5.51. The molecule has 1 aliphatic heterocycles. The van der Waals surface area contributed by atoms with Gasteiger partial charge in [0.25, 0.3) is 0 Å². The van der Waals surface area contributed by atoms with E-state index in [9.17, 15) is 0 Å². The number of halogens is 1. The molecule has 2 aromatic rings. The Morgan fingerprint density at radius 1 is 1.45 bits per heavy atom. The van der Waals surface area contributed by atoms with Gasteiger partial charge < -0.3 is 15.0 Å². The normalized spacial score (nSPS) is 18.8. The number of thioether (sulfide) groups is 1. The molecule has 0 aliphatic carbocycles. The van der Waals surface area contributed by atoms with Crippen LogP contribution in [0.4, 0.5) is 0 Å². The molecule has 1 atom stereocenters. The van der Waals surface area contributed by atoms with Gasteiger partial charge in [-0.05, 0) is 46.7 Å². The van der Waals surface area contributed by atoms with Crippen LogP contribution in [-0.2, 0) is 6.54 Å². The fourth-order valence-electron chi connectivity index (χ4n) is 2.51. The maximum absolute atomic E-state index is 4.59. The number of imidazole rings is 1. The van der Waals surface area contributed by atoms with E-state index in [0.29, 0.717) is 11.8 Å². The second-order valence-corrected chi connectivity index (χ2v) is 7.61. The van der Waals surface area contributed by atoms with E-state index >= 15 is 0 Å². The van der Waals surface area contributed by atoms with Crippen molar-refractivity contribution in [2.75, 3.05) is 19.3 Å². The number of rotatable bonds is 4. The van der Waals surface area contributed by atoms with Crippen molar-refractivity contribution in [2.24, 2.45) is 4.99 Å². The highest BCUT2D eigenvalue weighted by Gasteiger charge is 2.15. The van der Waals surface area contributed by atoms with Gasteiger partial charge in [-0.3, -0.25) is 4.99 Å². The molecule has 3 rings (SSSR count). The van der Waals surface area contributed by atoms with E-state index < -0.39 is 0 Å². The predicted molar refractivity (Wildman–Crippen MR) is 96.6 cm³/mol. The van der Waals surface area contributed by atoms with E-state index in [1.54, 1.807) is 7.05 Å². The largest absolute Gasteiger partial charge is 0.355 e. The van der Waals surface area contributed by atoms with Crippen molar-refractivity contribution in [3.8, 4) is 0 Å². The molecular weight excluding hydrogens is 362 g/mol. The van der Waals surface area contributed by atoms with Crippen LogP contribution in [0.2, 0.25) is 0 Å². The van der Waals surface area contributed by atoms with Crippen LogP contribution in [0.1, 0.15) is 18.5 Å². The van der Waals surface area contributed by atoms with Gasteiger partial charge in [0.05, 0.1) is 12.2 Å². The van der Waals surface area contributed by atoms with Crippen LogP contribution < -0.4 is 10.6 Å². The molecule has 0 amide bonds. The first-order valence-electron chi connectivity index (χ1n) is 7.44. The number of aliphatic imine (C=N–C) groups is 1. The number of fused-ring (bicyclic) bond motifs is 1. The molecule has 1 unspecified atom stereocenters. The average Bonchev–Trinajstić information content (AvgIpc) is 3.16. The summed E-state index contributed by atoms with van der Waals surface area (Å²) in [5.74, 6) is 2.13. The molecule has 5 nitrogen and oxygen atoms in total. The number of pyridine rings is 1. The van der Waals surface area contributed by atoms with Crippen LogP contribution in [0, 0.1) is 0 Å². The van der Waals surface area contributed by atoms with Crippen molar-refractivity contribution in [3.63, 3.8) is 0 Å². The first kappa shape index (κ1) is 15.7. The summed E-state index contributed by atoms with van der Waals surface area (Å²) in [5.41, 5.74) is 1.95. The van der Waals surface area contributed by atoms with Crippen LogP contribution in [0.5, 0.6) is 0 Å². The minimum absolute atomic E-state index is 0.663. The molecule has 1 saturated heterocycles.